The molecule has 2 atom stereocenters. The van der Waals surface area contributed by atoms with Gasteiger partial charge in [0.05, 0.1) is 34.8 Å². The molecule has 7 nitrogen and oxygen atoms in total. The highest BCUT2D eigenvalue weighted by Gasteiger charge is 2.44. The van der Waals surface area contributed by atoms with E-state index in [0.29, 0.717) is 49.1 Å². The summed E-state index contributed by atoms with van der Waals surface area (Å²) in [6.45, 7) is 2.82. The minimum Gasteiger partial charge on any atom is -0.494 e. The molecule has 2 bridgehead atoms. The predicted octanol–water partition coefficient (Wildman–Crippen LogP) is 5.16. The number of halogens is 4. The van der Waals surface area contributed by atoms with E-state index in [1.54, 1.807) is 23.2 Å². The topological polar surface area (TPSA) is 73.1 Å². The van der Waals surface area contributed by atoms with Gasteiger partial charge in [0.15, 0.2) is 11.6 Å². The Morgan fingerprint density at radius 1 is 1.24 bits per heavy atom. The average Bonchev–Trinajstić information content (AvgIpc) is 3.21. The second kappa shape index (κ2) is 8.57. The van der Waals surface area contributed by atoms with Crippen LogP contribution in [0.5, 0.6) is 5.75 Å². The third-order valence-corrected chi connectivity index (χ3v) is 6.66. The molecule has 3 aromatic rings. The van der Waals surface area contributed by atoms with Gasteiger partial charge in [0.25, 0.3) is 5.91 Å². The standard InChI is InChI=1S/C23H21ClF3N5O2/c1-2-34-14-9-10-28-17(11-14)20-29-30-21-18-8-3-5-13(12-31(20)21)32(18)22(33)15-6-4-7-16(19(15)24)23(25,26)27/h4,6-7,9-11,13,18H,2-3,5,8,12H2,1H3. The molecule has 1 saturated heterocycles. The van der Waals surface area contributed by atoms with Crippen molar-refractivity contribution in [1.82, 2.24) is 24.6 Å². The Morgan fingerprint density at radius 2 is 2.06 bits per heavy atom. The molecule has 2 aliphatic rings. The second-order valence-electron chi connectivity index (χ2n) is 8.28. The Morgan fingerprint density at radius 3 is 2.82 bits per heavy atom. The summed E-state index contributed by atoms with van der Waals surface area (Å²) < 4.78 is 47.6. The van der Waals surface area contributed by atoms with E-state index in [4.69, 9.17) is 16.3 Å². The maximum Gasteiger partial charge on any atom is 0.417 e. The monoisotopic (exact) mass is 491 g/mol. The van der Waals surface area contributed by atoms with Gasteiger partial charge < -0.3 is 14.2 Å². The van der Waals surface area contributed by atoms with Crippen molar-refractivity contribution in [2.45, 2.75) is 51.0 Å². The van der Waals surface area contributed by atoms with E-state index < -0.39 is 28.7 Å². The summed E-state index contributed by atoms with van der Waals surface area (Å²) >= 11 is 6.07. The summed E-state index contributed by atoms with van der Waals surface area (Å²) in [7, 11) is 0. The Bertz CT molecular complexity index is 1250. The number of pyridine rings is 1. The van der Waals surface area contributed by atoms with Crippen LogP contribution >= 0.6 is 11.6 Å². The summed E-state index contributed by atoms with van der Waals surface area (Å²) in [4.78, 5) is 19.5. The third kappa shape index (κ3) is 3.79. The average molecular weight is 492 g/mol. The minimum absolute atomic E-state index is 0.160. The van der Waals surface area contributed by atoms with Crippen LogP contribution in [0.1, 0.15) is 54.0 Å². The van der Waals surface area contributed by atoms with Crippen molar-refractivity contribution >= 4 is 17.5 Å². The molecule has 2 aromatic heterocycles. The normalized spacial score (nSPS) is 19.6. The van der Waals surface area contributed by atoms with Gasteiger partial charge in [0, 0.05) is 18.8 Å². The molecule has 5 rings (SSSR count). The highest BCUT2D eigenvalue weighted by Crippen LogP contribution is 2.43. The molecule has 0 saturated carbocycles. The molecule has 4 heterocycles. The number of aromatic nitrogens is 4. The van der Waals surface area contributed by atoms with Gasteiger partial charge in [-0.1, -0.05) is 17.7 Å². The number of benzene rings is 1. The number of alkyl halides is 3. The first-order valence-electron chi connectivity index (χ1n) is 11.0. The van der Waals surface area contributed by atoms with Crippen molar-refractivity contribution in [2.75, 3.05) is 6.61 Å². The zero-order valence-corrected chi connectivity index (χ0v) is 19.0. The lowest BCUT2D eigenvalue weighted by molar-refractivity contribution is -0.137. The van der Waals surface area contributed by atoms with E-state index in [0.717, 1.165) is 12.5 Å². The Hall–Kier alpha value is -3.14. The van der Waals surface area contributed by atoms with Crippen LogP contribution in [0.2, 0.25) is 5.02 Å². The molecular weight excluding hydrogens is 471 g/mol. The first kappa shape index (κ1) is 22.6. The van der Waals surface area contributed by atoms with Gasteiger partial charge in [0.1, 0.15) is 11.4 Å². The highest BCUT2D eigenvalue weighted by atomic mass is 35.5. The predicted molar refractivity (Wildman–Crippen MR) is 117 cm³/mol. The number of carbonyl (C=O) groups excluding carboxylic acids is 1. The molecule has 0 N–H and O–H groups in total. The molecule has 2 aliphatic heterocycles. The van der Waals surface area contributed by atoms with Crippen molar-refractivity contribution in [2.24, 2.45) is 0 Å². The van der Waals surface area contributed by atoms with Gasteiger partial charge in [-0.25, -0.2) is 0 Å². The van der Waals surface area contributed by atoms with Crippen LogP contribution in [-0.4, -0.2) is 43.2 Å². The van der Waals surface area contributed by atoms with Gasteiger partial charge in [-0.15, -0.1) is 10.2 Å². The zero-order valence-electron chi connectivity index (χ0n) is 18.2. The second-order valence-corrected chi connectivity index (χ2v) is 8.66. The molecule has 1 amide bonds. The van der Waals surface area contributed by atoms with E-state index in [1.165, 1.54) is 12.1 Å². The largest absolute Gasteiger partial charge is 0.494 e. The van der Waals surface area contributed by atoms with E-state index in [-0.39, 0.29) is 11.6 Å². The third-order valence-electron chi connectivity index (χ3n) is 6.26. The number of rotatable bonds is 4. The van der Waals surface area contributed by atoms with Gasteiger partial charge in [0.2, 0.25) is 0 Å². The zero-order chi connectivity index (χ0) is 24.0. The van der Waals surface area contributed by atoms with Crippen molar-refractivity contribution in [3.05, 3.63) is 58.5 Å². The lowest BCUT2D eigenvalue weighted by Gasteiger charge is -2.45. The maximum absolute atomic E-state index is 13.5. The Labute approximate surface area is 198 Å². The molecule has 0 radical (unpaired) electrons. The molecule has 1 aromatic carbocycles. The van der Waals surface area contributed by atoms with E-state index in [2.05, 4.69) is 15.2 Å². The van der Waals surface area contributed by atoms with E-state index >= 15 is 0 Å². The van der Waals surface area contributed by atoms with E-state index in [9.17, 15) is 18.0 Å². The first-order valence-corrected chi connectivity index (χ1v) is 11.4. The number of fused-ring (bicyclic) bond motifs is 4. The molecule has 0 spiro atoms. The molecular formula is C23H21ClF3N5O2. The van der Waals surface area contributed by atoms with Crippen molar-refractivity contribution < 1.29 is 22.7 Å². The van der Waals surface area contributed by atoms with Crippen molar-refractivity contribution in [3.8, 4) is 17.3 Å². The summed E-state index contributed by atoms with van der Waals surface area (Å²) in [5.41, 5.74) is -0.580. The first-order chi connectivity index (χ1) is 16.3. The molecule has 0 aliphatic carbocycles. The number of piperidine rings is 1. The fourth-order valence-corrected chi connectivity index (χ4v) is 5.12. The quantitative estimate of drug-likeness (QED) is 0.504. The van der Waals surface area contributed by atoms with Crippen LogP contribution in [0.15, 0.2) is 36.5 Å². The molecule has 1 fully saturated rings. The lowest BCUT2D eigenvalue weighted by Crippen LogP contribution is -2.52. The van der Waals surface area contributed by atoms with Crippen molar-refractivity contribution in [1.29, 1.82) is 0 Å². The molecule has 34 heavy (non-hydrogen) atoms. The number of carbonyl (C=O) groups is 1. The number of amides is 1. The number of hydrogen-bond donors (Lipinski definition) is 0. The lowest BCUT2D eigenvalue weighted by atomic mass is 9.90. The van der Waals surface area contributed by atoms with Gasteiger partial charge in [-0.3, -0.25) is 9.78 Å². The summed E-state index contributed by atoms with van der Waals surface area (Å²) in [6, 6.07) is 6.33. The van der Waals surface area contributed by atoms with Gasteiger partial charge >= 0.3 is 6.18 Å². The molecule has 2 unspecified atom stereocenters. The van der Waals surface area contributed by atoms with Crippen LogP contribution in [0.25, 0.3) is 11.5 Å². The molecule has 178 valence electrons. The van der Waals surface area contributed by atoms with Crippen LogP contribution < -0.4 is 4.74 Å². The number of nitrogens with zero attached hydrogens (tertiary/aromatic N) is 5. The maximum atomic E-state index is 13.5. The van der Waals surface area contributed by atoms with Crippen LogP contribution in [0.4, 0.5) is 13.2 Å². The molecule has 11 heteroatoms. The Balaban J connectivity index is 1.52. The van der Waals surface area contributed by atoms with E-state index in [1.807, 2.05) is 11.5 Å². The van der Waals surface area contributed by atoms with Gasteiger partial charge in [-0.2, -0.15) is 13.2 Å². The van der Waals surface area contributed by atoms with Crippen LogP contribution in [-0.2, 0) is 12.7 Å². The fraction of sp³-hybridized carbons (Fsp3) is 0.391. The van der Waals surface area contributed by atoms with Gasteiger partial charge in [-0.05, 0) is 44.4 Å². The summed E-state index contributed by atoms with van der Waals surface area (Å²) in [6.07, 6.45) is -0.804. The van der Waals surface area contributed by atoms with Crippen LogP contribution in [0, 0.1) is 0 Å². The number of ether oxygens (including phenoxy) is 1. The minimum atomic E-state index is -4.65. The SMILES string of the molecule is CCOc1ccnc(-c2nnc3n2CC2CCCC3N2C(=O)c2cccc(C(F)(F)F)c2Cl)c1. The smallest absolute Gasteiger partial charge is 0.417 e. The fourth-order valence-electron chi connectivity index (χ4n) is 4.81. The number of hydrogen-bond acceptors (Lipinski definition) is 5. The van der Waals surface area contributed by atoms with Crippen LogP contribution in [0.3, 0.4) is 0 Å². The Kier molecular flexibility index (Phi) is 5.71. The summed E-state index contributed by atoms with van der Waals surface area (Å²) in [5.74, 6) is 1.29. The summed E-state index contributed by atoms with van der Waals surface area (Å²) in [5, 5.41) is 8.12. The highest BCUT2D eigenvalue weighted by molar-refractivity contribution is 6.34. The van der Waals surface area contributed by atoms with Crippen molar-refractivity contribution in [3.63, 3.8) is 0 Å².